The van der Waals surface area contributed by atoms with Crippen molar-refractivity contribution in [3.63, 3.8) is 0 Å². The minimum atomic E-state index is -0.644. The molecule has 2 rings (SSSR count). The van der Waals surface area contributed by atoms with Crippen LogP contribution in [0.25, 0.3) is 0 Å². The molecule has 0 spiro atoms. The molecule has 0 aliphatic heterocycles. The number of anilines is 1. The number of hydrogen-bond acceptors (Lipinski definition) is 5. The zero-order chi connectivity index (χ0) is 17.4. The molecule has 24 heavy (non-hydrogen) atoms. The molecular formula is C19H23NO4. The van der Waals surface area contributed by atoms with Crippen LogP contribution in [0.5, 0.6) is 5.75 Å². The fourth-order valence-corrected chi connectivity index (χ4v) is 2.14. The lowest BCUT2D eigenvalue weighted by molar-refractivity contribution is 0.0526. The molecule has 0 fully saturated rings. The Morgan fingerprint density at radius 2 is 1.88 bits per heavy atom. The third-order valence-electron chi connectivity index (χ3n) is 3.46. The lowest BCUT2D eigenvalue weighted by Crippen LogP contribution is -2.26. The van der Waals surface area contributed by atoms with E-state index in [1.807, 2.05) is 31.2 Å². The van der Waals surface area contributed by atoms with Gasteiger partial charge in [-0.05, 0) is 49.7 Å². The van der Waals surface area contributed by atoms with E-state index in [0.29, 0.717) is 18.7 Å². The molecule has 0 amide bonds. The molecule has 5 nitrogen and oxygen atoms in total. The van der Waals surface area contributed by atoms with Crippen molar-refractivity contribution < 1.29 is 19.4 Å². The van der Waals surface area contributed by atoms with Crippen molar-refractivity contribution in [1.29, 1.82) is 0 Å². The number of carbonyl (C=O) groups is 1. The normalized spacial score (nSPS) is 11.6. The number of benzene rings is 2. The Labute approximate surface area is 142 Å². The summed E-state index contributed by atoms with van der Waals surface area (Å²) in [5.74, 6) is 0.436. The van der Waals surface area contributed by atoms with Crippen molar-refractivity contribution in [1.82, 2.24) is 0 Å². The van der Waals surface area contributed by atoms with E-state index in [1.54, 1.807) is 31.2 Å². The fraction of sp³-hybridized carbons (Fsp3) is 0.316. The predicted octanol–water partition coefficient (Wildman–Crippen LogP) is 3.02. The maximum atomic E-state index is 11.6. The van der Waals surface area contributed by atoms with Crippen LogP contribution in [0.4, 0.5) is 5.69 Å². The third kappa shape index (κ3) is 5.28. The Bertz CT molecular complexity index is 655. The lowest BCUT2D eigenvalue weighted by Gasteiger charge is -2.15. The van der Waals surface area contributed by atoms with Gasteiger partial charge in [-0.25, -0.2) is 4.79 Å². The summed E-state index contributed by atoms with van der Waals surface area (Å²) in [6.07, 6.45) is -0.644. The van der Waals surface area contributed by atoms with Gasteiger partial charge in [0.05, 0.1) is 12.2 Å². The second-order valence-corrected chi connectivity index (χ2v) is 5.41. The van der Waals surface area contributed by atoms with Gasteiger partial charge >= 0.3 is 5.97 Å². The zero-order valence-electron chi connectivity index (χ0n) is 14.0. The van der Waals surface area contributed by atoms with Crippen molar-refractivity contribution >= 4 is 11.7 Å². The van der Waals surface area contributed by atoms with Crippen LogP contribution in [-0.2, 0) is 4.74 Å². The SMILES string of the molecule is CCOC(=O)c1ccc(NCC(O)COc2ccccc2C)cc1. The van der Waals surface area contributed by atoms with Crippen LogP contribution in [0.1, 0.15) is 22.8 Å². The number of rotatable bonds is 8. The minimum absolute atomic E-state index is 0.207. The molecule has 128 valence electrons. The highest BCUT2D eigenvalue weighted by Crippen LogP contribution is 2.16. The first-order valence-electron chi connectivity index (χ1n) is 7.97. The van der Waals surface area contributed by atoms with Crippen molar-refractivity contribution in [2.45, 2.75) is 20.0 Å². The number of nitrogens with one attached hydrogen (secondary N) is 1. The summed E-state index contributed by atoms with van der Waals surface area (Å²) in [6, 6.07) is 14.6. The lowest BCUT2D eigenvalue weighted by atomic mass is 10.2. The summed E-state index contributed by atoms with van der Waals surface area (Å²) in [7, 11) is 0. The van der Waals surface area contributed by atoms with E-state index < -0.39 is 6.10 Å². The largest absolute Gasteiger partial charge is 0.491 e. The van der Waals surface area contributed by atoms with Gasteiger partial charge in [0.1, 0.15) is 18.5 Å². The third-order valence-corrected chi connectivity index (χ3v) is 3.46. The predicted molar refractivity (Wildman–Crippen MR) is 93.6 cm³/mol. The highest BCUT2D eigenvalue weighted by Gasteiger charge is 2.08. The average Bonchev–Trinajstić information content (AvgIpc) is 2.60. The summed E-state index contributed by atoms with van der Waals surface area (Å²) >= 11 is 0. The molecule has 0 aromatic heterocycles. The molecular weight excluding hydrogens is 306 g/mol. The average molecular weight is 329 g/mol. The quantitative estimate of drug-likeness (QED) is 0.729. The molecule has 2 aromatic rings. The maximum Gasteiger partial charge on any atom is 0.338 e. The number of aliphatic hydroxyl groups excluding tert-OH is 1. The van der Waals surface area contributed by atoms with Gasteiger partial charge in [0.25, 0.3) is 0 Å². The number of hydrogen-bond donors (Lipinski definition) is 2. The first-order chi connectivity index (χ1) is 11.6. The molecule has 0 aliphatic carbocycles. The number of ether oxygens (including phenoxy) is 2. The van der Waals surface area contributed by atoms with E-state index in [0.717, 1.165) is 17.0 Å². The number of carbonyl (C=O) groups excluding carboxylic acids is 1. The van der Waals surface area contributed by atoms with Crippen LogP contribution in [0.2, 0.25) is 0 Å². The van der Waals surface area contributed by atoms with Gasteiger partial charge < -0.3 is 19.9 Å². The molecule has 5 heteroatoms. The standard InChI is InChI=1S/C19H23NO4/c1-3-23-19(22)15-8-10-16(11-9-15)20-12-17(21)13-24-18-7-5-4-6-14(18)2/h4-11,17,20-21H,3,12-13H2,1-2H3. The molecule has 2 N–H and O–H groups in total. The molecule has 0 saturated carbocycles. The van der Waals surface area contributed by atoms with Crippen molar-refractivity contribution in [2.75, 3.05) is 25.1 Å². The summed E-state index contributed by atoms with van der Waals surface area (Å²) < 4.78 is 10.5. The van der Waals surface area contributed by atoms with E-state index in [4.69, 9.17) is 9.47 Å². The van der Waals surface area contributed by atoms with Crippen LogP contribution in [-0.4, -0.2) is 36.9 Å². The van der Waals surface area contributed by atoms with Crippen LogP contribution < -0.4 is 10.1 Å². The summed E-state index contributed by atoms with van der Waals surface area (Å²) in [5.41, 5.74) is 2.36. The van der Waals surface area contributed by atoms with Crippen LogP contribution >= 0.6 is 0 Å². The van der Waals surface area contributed by atoms with E-state index in [9.17, 15) is 9.90 Å². The zero-order valence-corrected chi connectivity index (χ0v) is 14.0. The number of para-hydroxylation sites is 1. The number of esters is 1. The van der Waals surface area contributed by atoms with Gasteiger partial charge in [0.2, 0.25) is 0 Å². The van der Waals surface area contributed by atoms with Crippen molar-refractivity contribution in [2.24, 2.45) is 0 Å². The first-order valence-corrected chi connectivity index (χ1v) is 7.97. The van der Waals surface area contributed by atoms with Gasteiger partial charge in [-0.15, -0.1) is 0 Å². The Balaban J connectivity index is 1.78. The van der Waals surface area contributed by atoms with E-state index >= 15 is 0 Å². The van der Waals surface area contributed by atoms with E-state index in [-0.39, 0.29) is 12.6 Å². The van der Waals surface area contributed by atoms with Crippen LogP contribution in [0, 0.1) is 6.92 Å². The molecule has 0 aliphatic rings. The van der Waals surface area contributed by atoms with Gasteiger partial charge in [-0.1, -0.05) is 18.2 Å². The second kappa shape index (κ2) is 8.93. The van der Waals surface area contributed by atoms with Crippen molar-refractivity contribution in [3.8, 4) is 5.75 Å². The summed E-state index contributed by atoms with van der Waals surface area (Å²) in [6.45, 7) is 4.65. The Kier molecular flexibility index (Phi) is 6.63. The van der Waals surface area contributed by atoms with Crippen molar-refractivity contribution in [3.05, 3.63) is 59.7 Å². The smallest absolute Gasteiger partial charge is 0.338 e. The summed E-state index contributed by atoms with van der Waals surface area (Å²) in [5, 5.41) is 13.1. The fourth-order valence-electron chi connectivity index (χ4n) is 2.14. The summed E-state index contributed by atoms with van der Waals surface area (Å²) in [4.78, 5) is 11.6. The number of aryl methyl sites for hydroxylation is 1. The monoisotopic (exact) mass is 329 g/mol. The number of aliphatic hydroxyl groups is 1. The molecule has 2 aromatic carbocycles. The van der Waals surface area contributed by atoms with Crippen LogP contribution in [0.15, 0.2) is 48.5 Å². The highest BCUT2D eigenvalue weighted by atomic mass is 16.5. The van der Waals surface area contributed by atoms with Crippen LogP contribution in [0.3, 0.4) is 0 Å². The molecule has 0 heterocycles. The maximum absolute atomic E-state index is 11.6. The Morgan fingerprint density at radius 1 is 1.17 bits per heavy atom. The van der Waals surface area contributed by atoms with Gasteiger partial charge in [-0.2, -0.15) is 0 Å². The molecule has 1 atom stereocenters. The topological polar surface area (TPSA) is 67.8 Å². The van der Waals surface area contributed by atoms with Gasteiger partial charge in [0.15, 0.2) is 0 Å². The second-order valence-electron chi connectivity index (χ2n) is 5.41. The highest BCUT2D eigenvalue weighted by molar-refractivity contribution is 5.89. The molecule has 0 bridgehead atoms. The van der Waals surface area contributed by atoms with E-state index in [2.05, 4.69) is 5.32 Å². The minimum Gasteiger partial charge on any atom is -0.491 e. The Hall–Kier alpha value is -2.53. The Morgan fingerprint density at radius 3 is 2.54 bits per heavy atom. The molecule has 0 radical (unpaired) electrons. The molecule has 0 saturated heterocycles. The van der Waals surface area contributed by atoms with E-state index in [1.165, 1.54) is 0 Å². The molecule has 1 unspecified atom stereocenters. The van der Waals surface area contributed by atoms with Gasteiger partial charge in [-0.3, -0.25) is 0 Å². The van der Waals surface area contributed by atoms with Gasteiger partial charge in [0, 0.05) is 12.2 Å². The first kappa shape index (κ1) is 17.8.